The molecule has 2 rings (SSSR count). The zero-order valence-corrected chi connectivity index (χ0v) is 9.63. The molecular formula is C11H10BrNO. The maximum atomic E-state index is 10.9. The Kier molecular flexibility index (Phi) is 2.19. The first-order valence-electron chi connectivity index (χ1n) is 4.35. The van der Waals surface area contributed by atoms with Crippen molar-refractivity contribution in [2.45, 2.75) is 6.92 Å². The minimum Gasteiger partial charge on any atom is -0.347 e. The van der Waals surface area contributed by atoms with E-state index >= 15 is 0 Å². The summed E-state index contributed by atoms with van der Waals surface area (Å²) >= 11 is 3.51. The second-order valence-corrected chi connectivity index (χ2v) is 4.11. The summed E-state index contributed by atoms with van der Waals surface area (Å²) in [6, 6.07) is 5.75. The molecule has 0 saturated carbocycles. The normalized spacial score (nSPS) is 10.8. The molecule has 0 fully saturated rings. The van der Waals surface area contributed by atoms with E-state index in [4.69, 9.17) is 0 Å². The maximum absolute atomic E-state index is 10.9. The summed E-state index contributed by atoms with van der Waals surface area (Å²) < 4.78 is 3.09. The molecule has 0 radical (unpaired) electrons. The summed E-state index contributed by atoms with van der Waals surface area (Å²) in [7, 11) is 2.00. The molecule has 0 saturated heterocycles. The number of carbonyl (C=O) groups excluding carboxylic acids is 1. The van der Waals surface area contributed by atoms with E-state index in [-0.39, 0.29) is 0 Å². The summed E-state index contributed by atoms with van der Waals surface area (Å²) in [5, 5.41) is 1.00. The van der Waals surface area contributed by atoms with Crippen molar-refractivity contribution in [3.05, 3.63) is 33.9 Å². The van der Waals surface area contributed by atoms with Crippen molar-refractivity contribution in [1.82, 2.24) is 4.57 Å². The van der Waals surface area contributed by atoms with Crippen LogP contribution in [-0.4, -0.2) is 10.9 Å². The van der Waals surface area contributed by atoms with Gasteiger partial charge in [-0.15, -0.1) is 0 Å². The summed E-state index contributed by atoms with van der Waals surface area (Å²) in [5.41, 5.74) is 2.95. The molecule has 1 aromatic carbocycles. The van der Waals surface area contributed by atoms with Gasteiger partial charge in [-0.3, -0.25) is 4.79 Å². The summed E-state index contributed by atoms with van der Waals surface area (Å²) in [5.74, 6) is 0. The van der Waals surface area contributed by atoms with Crippen LogP contribution in [0.15, 0.2) is 22.7 Å². The van der Waals surface area contributed by atoms with Crippen molar-refractivity contribution in [1.29, 1.82) is 0 Å². The van der Waals surface area contributed by atoms with Gasteiger partial charge in [0.05, 0.1) is 0 Å². The fourth-order valence-corrected chi connectivity index (χ4v) is 2.38. The van der Waals surface area contributed by atoms with Crippen LogP contribution >= 0.6 is 15.9 Å². The van der Waals surface area contributed by atoms with Gasteiger partial charge in [0.25, 0.3) is 0 Å². The van der Waals surface area contributed by atoms with Gasteiger partial charge in [0.2, 0.25) is 0 Å². The van der Waals surface area contributed by atoms with E-state index in [1.54, 1.807) is 0 Å². The van der Waals surface area contributed by atoms with Gasteiger partial charge >= 0.3 is 0 Å². The van der Waals surface area contributed by atoms with Crippen LogP contribution in [0.25, 0.3) is 10.9 Å². The van der Waals surface area contributed by atoms with Gasteiger partial charge in [0.15, 0.2) is 6.29 Å². The lowest BCUT2D eigenvalue weighted by atomic mass is 10.1. The number of carbonyl (C=O) groups is 1. The number of halogens is 1. The van der Waals surface area contributed by atoms with Crippen LogP contribution in [0.2, 0.25) is 0 Å². The molecule has 3 heteroatoms. The average molecular weight is 252 g/mol. The van der Waals surface area contributed by atoms with E-state index in [1.807, 2.05) is 32.2 Å². The molecule has 1 aromatic heterocycles. The Labute approximate surface area is 90.7 Å². The van der Waals surface area contributed by atoms with Crippen LogP contribution in [0.5, 0.6) is 0 Å². The largest absolute Gasteiger partial charge is 0.347 e. The Morgan fingerprint density at radius 2 is 2.14 bits per heavy atom. The first kappa shape index (κ1) is 9.46. The fourth-order valence-electron chi connectivity index (χ4n) is 1.68. The zero-order chi connectivity index (χ0) is 10.3. The molecule has 0 N–H and O–H groups in total. The molecule has 0 atom stereocenters. The first-order chi connectivity index (χ1) is 6.66. The third kappa shape index (κ3) is 1.12. The molecule has 2 nitrogen and oxygen atoms in total. The molecule has 0 aliphatic rings. The molecule has 0 aliphatic heterocycles. The Balaban J connectivity index is 3.01. The van der Waals surface area contributed by atoms with Gasteiger partial charge in [0.1, 0.15) is 0 Å². The zero-order valence-electron chi connectivity index (χ0n) is 8.04. The van der Waals surface area contributed by atoms with Gasteiger partial charge in [-0.25, -0.2) is 0 Å². The SMILES string of the molecule is Cc1c(Br)c2c(C=O)cccc2n1C. The third-order valence-electron chi connectivity index (χ3n) is 2.60. The second kappa shape index (κ2) is 3.24. The Morgan fingerprint density at radius 1 is 1.43 bits per heavy atom. The van der Waals surface area contributed by atoms with Crippen LogP contribution in [0.4, 0.5) is 0 Å². The predicted octanol–water partition coefficient (Wildman–Crippen LogP) is 3.06. The van der Waals surface area contributed by atoms with Crippen molar-refractivity contribution in [2.24, 2.45) is 7.05 Å². The second-order valence-electron chi connectivity index (χ2n) is 3.32. The lowest BCUT2D eigenvalue weighted by Crippen LogP contribution is -1.89. The van der Waals surface area contributed by atoms with Crippen LogP contribution in [-0.2, 0) is 7.05 Å². The van der Waals surface area contributed by atoms with E-state index in [0.717, 1.165) is 32.9 Å². The Bertz CT molecular complexity index is 513. The highest BCUT2D eigenvalue weighted by Gasteiger charge is 2.11. The van der Waals surface area contributed by atoms with Gasteiger partial charge < -0.3 is 4.57 Å². The lowest BCUT2D eigenvalue weighted by Gasteiger charge is -1.98. The number of rotatable bonds is 1. The standard InChI is InChI=1S/C11H10BrNO/c1-7-11(12)10-8(6-14)4-3-5-9(10)13(7)2/h3-6H,1-2H3. The summed E-state index contributed by atoms with van der Waals surface area (Å²) in [4.78, 5) is 10.9. The number of benzene rings is 1. The topological polar surface area (TPSA) is 22.0 Å². The molecule has 1 heterocycles. The maximum Gasteiger partial charge on any atom is 0.150 e. The van der Waals surface area contributed by atoms with Crippen molar-refractivity contribution in [3.63, 3.8) is 0 Å². The van der Waals surface area contributed by atoms with Crippen LogP contribution in [0.1, 0.15) is 16.1 Å². The van der Waals surface area contributed by atoms with E-state index < -0.39 is 0 Å². The quantitative estimate of drug-likeness (QED) is 0.715. The molecule has 72 valence electrons. The molecule has 0 bridgehead atoms. The monoisotopic (exact) mass is 251 g/mol. The summed E-state index contributed by atoms with van der Waals surface area (Å²) in [6.45, 7) is 2.03. The first-order valence-corrected chi connectivity index (χ1v) is 5.14. The molecule has 0 aliphatic carbocycles. The van der Waals surface area contributed by atoms with Crippen molar-refractivity contribution in [2.75, 3.05) is 0 Å². The van der Waals surface area contributed by atoms with Crippen molar-refractivity contribution in [3.8, 4) is 0 Å². The van der Waals surface area contributed by atoms with E-state index in [2.05, 4.69) is 20.5 Å². The molecule has 0 spiro atoms. The molecule has 14 heavy (non-hydrogen) atoms. The number of aryl methyl sites for hydroxylation is 1. The minimum atomic E-state index is 0.734. The minimum absolute atomic E-state index is 0.734. The van der Waals surface area contributed by atoms with Crippen molar-refractivity contribution < 1.29 is 4.79 Å². The predicted molar refractivity (Wildman–Crippen MR) is 60.7 cm³/mol. The average Bonchev–Trinajstić information content (AvgIpc) is 2.44. The number of aldehydes is 1. The number of aromatic nitrogens is 1. The Hall–Kier alpha value is -1.09. The van der Waals surface area contributed by atoms with Crippen LogP contribution < -0.4 is 0 Å². The molecular weight excluding hydrogens is 242 g/mol. The summed E-state index contributed by atoms with van der Waals surface area (Å²) in [6.07, 6.45) is 0.895. The van der Waals surface area contributed by atoms with Gasteiger partial charge in [-0.2, -0.15) is 0 Å². The number of nitrogens with zero attached hydrogens (tertiary/aromatic N) is 1. The van der Waals surface area contributed by atoms with E-state index in [0.29, 0.717) is 0 Å². The van der Waals surface area contributed by atoms with E-state index in [1.165, 1.54) is 0 Å². The highest BCUT2D eigenvalue weighted by molar-refractivity contribution is 9.10. The third-order valence-corrected chi connectivity index (χ3v) is 3.57. The number of fused-ring (bicyclic) bond motifs is 1. The highest BCUT2D eigenvalue weighted by Crippen LogP contribution is 2.31. The lowest BCUT2D eigenvalue weighted by molar-refractivity contribution is 0.112. The van der Waals surface area contributed by atoms with Gasteiger partial charge in [-0.05, 0) is 28.9 Å². The van der Waals surface area contributed by atoms with Gasteiger partial charge in [-0.1, -0.05) is 12.1 Å². The number of hydrogen-bond donors (Lipinski definition) is 0. The molecule has 2 aromatic rings. The number of hydrogen-bond acceptors (Lipinski definition) is 1. The van der Waals surface area contributed by atoms with Crippen LogP contribution in [0, 0.1) is 6.92 Å². The van der Waals surface area contributed by atoms with Crippen molar-refractivity contribution >= 4 is 33.1 Å². The molecule has 0 amide bonds. The highest BCUT2D eigenvalue weighted by atomic mass is 79.9. The smallest absolute Gasteiger partial charge is 0.150 e. The van der Waals surface area contributed by atoms with E-state index in [9.17, 15) is 4.79 Å². The van der Waals surface area contributed by atoms with Crippen LogP contribution in [0.3, 0.4) is 0 Å². The van der Waals surface area contributed by atoms with Gasteiger partial charge in [0, 0.05) is 33.7 Å². The molecule has 0 unspecified atom stereocenters. The Morgan fingerprint density at radius 3 is 2.79 bits per heavy atom. The fraction of sp³-hybridized carbons (Fsp3) is 0.182.